The molecular formula is C26H22FN3O2S2. The van der Waals surface area contributed by atoms with Gasteiger partial charge in [-0.1, -0.05) is 18.2 Å². The first-order valence-corrected chi connectivity index (χ1v) is 12.6. The van der Waals surface area contributed by atoms with Crippen LogP contribution in [0.15, 0.2) is 66.0 Å². The number of benzene rings is 2. The zero-order chi connectivity index (χ0) is 23.7. The SMILES string of the molecule is Cc1cc(NC(=O)c2cccc(F)c2)sc1C(=O)Nc1ccccc1N1CCc2sccc2C1. The molecule has 1 aliphatic rings. The smallest absolute Gasteiger partial charge is 0.266 e. The molecular weight excluding hydrogens is 469 g/mol. The molecule has 172 valence electrons. The van der Waals surface area contributed by atoms with Crippen molar-refractivity contribution in [3.05, 3.63) is 98.3 Å². The predicted molar refractivity (Wildman–Crippen MR) is 137 cm³/mol. The molecule has 0 bridgehead atoms. The van der Waals surface area contributed by atoms with Crippen LogP contribution in [0.4, 0.5) is 20.8 Å². The molecule has 2 N–H and O–H groups in total. The Hall–Kier alpha value is -3.49. The number of thiophene rings is 2. The first-order chi connectivity index (χ1) is 16.5. The largest absolute Gasteiger partial charge is 0.365 e. The Balaban J connectivity index is 1.32. The highest BCUT2D eigenvalue weighted by Crippen LogP contribution is 2.34. The number of nitrogens with zero attached hydrogens (tertiary/aromatic N) is 1. The molecule has 2 aromatic carbocycles. The summed E-state index contributed by atoms with van der Waals surface area (Å²) in [7, 11) is 0. The fourth-order valence-corrected chi connectivity index (χ4v) is 5.92. The number of anilines is 3. The summed E-state index contributed by atoms with van der Waals surface area (Å²) in [6, 6.07) is 17.2. The second kappa shape index (κ2) is 9.40. The van der Waals surface area contributed by atoms with E-state index in [1.807, 2.05) is 31.2 Å². The third-order valence-electron chi connectivity index (χ3n) is 5.75. The standard InChI is InChI=1S/C26H22FN3O2S2/c1-16-13-23(29-25(31)17-5-4-6-19(27)14-17)34-24(16)26(32)28-20-7-2-3-8-21(20)30-11-9-22-18(15-30)10-12-33-22/h2-8,10,12-14H,9,11,15H2,1H3,(H,28,32)(H,29,31). The molecule has 0 unspecified atom stereocenters. The lowest BCUT2D eigenvalue weighted by molar-refractivity contribution is 0.102. The quantitative estimate of drug-likeness (QED) is 0.343. The van der Waals surface area contributed by atoms with Crippen LogP contribution in [-0.4, -0.2) is 18.4 Å². The number of fused-ring (bicyclic) bond motifs is 1. The highest BCUT2D eigenvalue weighted by molar-refractivity contribution is 7.18. The molecule has 5 nitrogen and oxygen atoms in total. The molecule has 2 amide bonds. The summed E-state index contributed by atoms with van der Waals surface area (Å²) in [5.41, 5.74) is 4.06. The van der Waals surface area contributed by atoms with E-state index in [1.165, 1.54) is 40.0 Å². The number of hydrogen-bond donors (Lipinski definition) is 2. The fraction of sp³-hybridized carbons (Fsp3) is 0.154. The van der Waals surface area contributed by atoms with Crippen molar-refractivity contribution < 1.29 is 14.0 Å². The van der Waals surface area contributed by atoms with E-state index in [9.17, 15) is 14.0 Å². The molecule has 5 rings (SSSR count). The minimum absolute atomic E-state index is 0.223. The number of halogens is 1. The molecule has 3 heterocycles. The predicted octanol–water partition coefficient (Wildman–Crippen LogP) is 6.32. The van der Waals surface area contributed by atoms with E-state index in [4.69, 9.17) is 0 Å². The summed E-state index contributed by atoms with van der Waals surface area (Å²) in [5.74, 6) is -1.12. The van der Waals surface area contributed by atoms with Crippen LogP contribution in [0.1, 0.15) is 36.0 Å². The van der Waals surface area contributed by atoms with Crippen molar-refractivity contribution in [1.29, 1.82) is 0 Å². The molecule has 1 aliphatic heterocycles. The van der Waals surface area contributed by atoms with Crippen LogP contribution in [0, 0.1) is 12.7 Å². The van der Waals surface area contributed by atoms with Crippen molar-refractivity contribution in [2.24, 2.45) is 0 Å². The van der Waals surface area contributed by atoms with E-state index in [0.717, 1.165) is 36.4 Å². The van der Waals surface area contributed by atoms with E-state index in [-0.39, 0.29) is 11.5 Å². The number of nitrogens with one attached hydrogen (secondary N) is 2. The van der Waals surface area contributed by atoms with Gasteiger partial charge in [-0.15, -0.1) is 22.7 Å². The lowest BCUT2D eigenvalue weighted by Gasteiger charge is -2.30. The Labute approximate surface area is 204 Å². The minimum Gasteiger partial charge on any atom is -0.365 e. The van der Waals surface area contributed by atoms with Crippen molar-refractivity contribution in [2.45, 2.75) is 19.9 Å². The molecule has 0 saturated heterocycles. The van der Waals surface area contributed by atoms with Gasteiger partial charge in [-0.2, -0.15) is 0 Å². The lowest BCUT2D eigenvalue weighted by atomic mass is 10.1. The highest BCUT2D eigenvalue weighted by atomic mass is 32.1. The molecule has 0 aliphatic carbocycles. The summed E-state index contributed by atoms with van der Waals surface area (Å²) in [6.07, 6.45) is 0.994. The Morgan fingerprint density at radius 2 is 1.85 bits per heavy atom. The molecule has 0 saturated carbocycles. The molecule has 0 atom stereocenters. The molecule has 0 radical (unpaired) electrons. The van der Waals surface area contributed by atoms with E-state index >= 15 is 0 Å². The van der Waals surface area contributed by atoms with E-state index in [0.29, 0.717) is 9.88 Å². The van der Waals surface area contributed by atoms with Crippen LogP contribution >= 0.6 is 22.7 Å². The van der Waals surface area contributed by atoms with Crippen LogP contribution in [0.3, 0.4) is 0 Å². The second-order valence-electron chi connectivity index (χ2n) is 8.10. The molecule has 2 aromatic heterocycles. The zero-order valence-electron chi connectivity index (χ0n) is 18.4. The minimum atomic E-state index is -0.474. The normalized spacial score (nSPS) is 12.8. The second-order valence-corrected chi connectivity index (χ2v) is 10.2. The summed E-state index contributed by atoms with van der Waals surface area (Å²) < 4.78 is 13.4. The van der Waals surface area contributed by atoms with Gasteiger partial charge in [-0.25, -0.2) is 4.39 Å². The Morgan fingerprint density at radius 1 is 1.00 bits per heavy atom. The van der Waals surface area contributed by atoms with Crippen LogP contribution in [0.2, 0.25) is 0 Å². The number of para-hydroxylation sites is 2. The summed E-state index contributed by atoms with van der Waals surface area (Å²) in [5, 5.41) is 8.48. The first kappa shape index (κ1) is 22.3. The number of amides is 2. The maximum Gasteiger partial charge on any atom is 0.266 e. The van der Waals surface area contributed by atoms with E-state index in [2.05, 4.69) is 27.0 Å². The molecule has 0 fully saturated rings. The number of carbonyl (C=O) groups excluding carboxylic acids is 2. The van der Waals surface area contributed by atoms with Gasteiger partial charge in [-0.05, 0) is 72.3 Å². The van der Waals surface area contributed by atoms with Gasteiger partial charge < -0.3 is 15.5 Å². The number of carbonyl (C=O) groups is 2. The highest BCUT2D eigenvalue weighted by Gasteiger charge is 2.22. The van der Waals surface area contributed by atoms with Crippen molar-refractivity contribution in [3.8, 4) is 0 Å². The van der Waals surface area contributed by atoms with Crippen molar-refractivity contribution in [2.75, 3.05) is 22.1 Å². The van der Waals surface area contributed by atoms with Gasteiger partial charge >= 0.3 is 0 Å². The van der Waals surface area contributed by atoms with Crippen molar-refractivity contribution >= 4 is 50.9 Å². The zero-order valence-corrected chi connectivity index (χ0v) is 20.1. The van der Waals surface area contributed by atoms with Gasteiger partial charge in [-0.3, -0.25) is 9.59 Å². The molecule has 0 spiro atoms. The van der Waals surface area contributed by atoms with Gasteiger partial charge in [0.2, 0.25) is 0 Å². The van der Waals surface area contributed by atoms with Crippen molar-refractivity contribution in [1.82, 2.24) is 0 Å². The molecule has 4 aromatic rings. The molecule has 8 heteroatoms. The monoisotopic (exact) mass is 491 g/mol. The number of rotatable bonds is 5. The Kier molecular flexibility index (Phi) is 6.17. The van der Waals surface area contributed by atoms with Gasteiger partial charge in [0.1, 0.15) is 5.82 Å². The summed E-state index contributed by atoms with van der Waals surface area (Å²) in [6.45, 7) is 3.55. The van der Waals surface area contributed by atoms with Crippen LogP contribution < -0.4 is 15.5 Å². The van der Waals surface area contributed by atoms with E-state index in [1.54, 1.807) is 23.5 Å². The van der Waals surface area contributed by atoms with Gasteiger partial charge in [0, 0.05) is 23.5 Å². The van der Waals surface area contributed by atoms with Crippen LogP contribution in [-0.2, 0) is 13.0 Å². The Morgan fingerprint density at radius 3 is 2.71 bits per heavy atom. The number of hydrogen-bond acceptors (Lipinski definition) is 5. The number of aryl methyl sites for hydroxylation is 1. The van der Waals surface area contributed by atoms with Crippen molar-refractivity contribution in [3.63, 3.8) is 0 Å². The average molecular weight is 492 g/mol. The topological polar surface area (TPSA) is 61.4 Å². The summed E-state index contributed by atoms with van der Waals surface area (Å²) >= 11 is 3.00. The lowest BCUT2D eigenvalue weighted by Crippen LogP contribution is -2.30. The van der Waals surface area contributed by atoms with Gasteiger partial charge in [0.15, 0.2) is 0 Å². The maximum atomic E-state index is 13.4. The van der Waals surface area contributed by atoms with Crippen LogP contribution in [0.5, 0.6) is 0 Å². The Bertz CT molecular complexity index is 1380. The average Bonchev–Trinajstić information content (AvgIpc) is 3.45. The summed E-state index contributed by atoms with van der Waals surface area (Å²) in [4.78, 5) is 29.9. The maximum absolute atomic E-state index is 13.4. The van der Waals surface area contributed by atoms with Gasteiger partial charge in [0.25, 0.3) is 11.8 Å². The van der Waals surface area contributed by atoms with Gasteiger partial charge in [0.05, 0.1) is 21.3 Å². The first-order valence-electron chi connectivity index (χ1n) is 10.9. The fourth-order valence-electron chi connectivity index (χ4n) is 4.07. The third-order valence-corrected chi connectivity index (χ3v) is 7.92. The van der Waals surface area contributed by atoms with Crippen LogP contribution in [0.25, 0.3) is 0 Å². The third kappa shape index (κ3) is 4.60. The molecule has 34 heavy (non-hydrogen) atoms. The van der Waals surface area contributed by atoms with E-state index < -0.39 is 11.7 Å².